The molecular formula is C13H16BrFO. The van der Waals surface area contributed by atoms with Gasteiger partial charge in [-0.1, -0.05) is 38.3 Å². The van der Waals surface area contributed by atoms with E-state index in [4.69, 9.17) is 0 Å². The molecule has 1 rings (SSSR count). The van der Waals surface area contributed by atoms with E-state index in [2.05, 4.69) is 22.9 Å². The number of carbonyl (C=O) groups excluding carboxylic acids is 1. The molecule has 1 aromatic rings. The Bertz CT molecular complexity index is 363. The molecule has 0 radical (unpaired) electrons. The third kappa shape index (κ3) is 3.71. The van der Waals surface area contributed by atoms with E-state index < -0.39 is 0 Å². The molecule has 0 aliphatic rings. The summed E-state index contributed by atoms with van der Waals surface area (Å²) in [7, 11) is 0. The van der Waals surface area contributed by atoms with Gasteiger partial charge in [0, 0.05) is 12.0 Å². The molecule has 16 heavy (non-hydrogen) atoms. The fourth-order valence-electron chi connectivity index (χ4n) is 1.57. The first-order valence-corrected chi connectivity index (χ1v) is 6.43. The number of unbranched alkanes of at least 4 members (excludes halogenated alkanes) is 3. The van der Waals surface area contributed by atoms with Crippen molar-refractivity contribution >= 4 is 21.7 Å². The first-order chi connectivity index (χ1) is 7.66. The van der Waals surface area contributed by atoms with Crippen LogP contribution in [-0.4, -0.2) is 5.78 Å². The normalized spacial score (nSPS) is 10.4. The Balaban J connectivity index is 2.56. The van der Waals surface area contributed by atoms with Gasteiger partial charge < -0.3 is 0 Å². The molecule has 0 N–H and O–H groups in total. The predicted molar refractivity (Wildman–Crippen MR) is 67.2 cm³/mol. The minimum Gasteiger partial charge on any atom is -0.294 e. The molecule has 0 aliphatic carbocycles. The predicted octanol–water partition coefficient (Wildman–Crippen LogP) is 4.74. The van der Waals surface area contributed by atoms with Crippen molar-refractivity contribution in [2.45, 2.75) is 39.0 Å². The molecule has 0 fully saturated rings. The summed E-state index contributed by atoms with van der Waals surface area (Å²) < 4.78 is 13.5. The Morgan fingerprint density at radius 1 is 1.31 bits per heavy atom. The minimum atomic E-state index is -0.376. The molecule has 1 nitrogen and oxygen atoms in total. The highest BCUT2D eigenvalue weighted by Gasteiger charge is 2.12. The van der Waals surface area contributed by atoms with Crippen molar-refractivity contribution in [2.24, 2.45) is 0 Å². The van der Waals surface area contributed by atoms with Crippen molar-refractivity contribution in [1.29, 1.82) is 0 Å². The zero-order valence-electron chi connectivity index (χ0n) is 9.43. The molecule has 1 aromatic carbocycles. The fraction of sp³-hybridized carbons (Fsp3) is 0.462. The smallest absolute Gasteiger partial charge is 0.164 e. The Hall–Kier alpha value is -0.700. The van der Waals surface area contributed by atoms with Crippen molar-refractivity contribution in [3.05, 3.63) is 34.1 Å². The van der Waals surface area contributed by atoms with Gasteiger partial charge in [0.1, 0.15) is 5.82 Å². The topological polar surface area (TPSA) is 17.1 Å². The number of benzene rings is 1. The number of rotatable bonds is 6. The molecule has 0 saturated carbocycles. The average Bonchev–Trinajstić information content (AvgIpc) is 2.28. The maximum atomic E-state index is 13.2. The molecule has 0 amide bonds. The molecular weight excluding hydrogens is 271 g/mol. The molecule has 3 heteroatoms. The van der Waals surface area contributed by atoms with Gasteiger partial charge in [0.05, 0.1) is 4.47 Å². The van der Waals surface area contributed by atoms with Gasteiger partial charge in [0.15, 0.2) is 5.78 Å². The SMILES string of the molecule is CCCCCCC(=O)c1cccc(F)c1Br. The third-order valence-corrected chi connectivity index (χ3v) is 3.32. The molecule has 0 saturated heterocycles. The lowest BCUT2D eigenvalue weighted by Gasteiger charge is -2.04. The van der Waals surface area contributed by atoms with Crippen molar-refractivity contribution in [2.75, 3.05) is 0 Å². The number of hydrogen-bond acceptors (Lipinski definition) is 1. The Morgan fingerprint density at radius 2 is 2.06 bits per heavy atom. The van der Waals surface area contributed by atoms with Crippen molar-refractivity contribution in [3.8, 4) is 0 Å². The Labute approximate surface area is 104 Å². The summed E-state index contributed by atoms with van der Waals surface area (Å²) in [5, 5.41) is 0. The third-order valence-electron chi connectivity index (χ3n) is 2.51. The summed E-state index contributed by atoms with van der Waals surface area (Å²) in [5.41, 5.74) is 0.455. The van der Waals surface area contributed by atoms with E-state index >= 15 is 0 Å². The standard InChI is InChI=1S/C13H16BrFO/c1-2-3-4-5-9-12(16)10-7-6-8-11(15)13(10)14/h6-8H,2-5,9H2,1H3. The van der Waals surface area contributed by atoms with E-state index in [1.807, 2.05) is 0 Å². The zero-order chi connectivity index (χ0) is 12.0. The van der Waals surface area contributed by atoms with Crippen LogP contribution in [0.4, 0.5) is 4.39 Å². The molecule has 0 aliphatic heterocycles. The highest BCUT2D eigenvalue weighted by molar-refractivity contribution is 9.10. The summed E-state index contributed by atoms with van der Waals surface area (Å²) >= 11 is 3.11. The highest BCUT2D eigenvalue weighted by atomic mass is 79.9. The summed E-state index contributed by atoms with van der Waals surface area (Å²) in [5.74, 6) is -0.359. The monoisotopic (exact) mass is 286 g/mol. The quantitative estimate of drug-likeness (QED) is 0.545. The number of halogens is 2. The van der Waals surface area contributed by atoms with Crippen LogP contribution >= 0.6 is 15.9 Å². The second-order valence-electron chi connectivity index (χ2n) is 3.84. The maximum absolute atomic E-state index is 13.2. The Morgan fingerprint density at radius 3 is 2.75 bits per heavy atom. The van der Waals surface area contributed by atoms with E-state index in [1.54, 1.807) is 12.1 Å². The molecule has 88 valence electrons. The lowest BCUT2D eigenvalue weighted by molar-refractivity contribution is 0.0978. The second kappa shape index (κ2) is 6.79. The lowest BCUT2D eigenvalue weighted by atomic mass is 10.0. The summed E-state index contributed by atoms with van der Waals surface area (Å²) in [4.78, 5) is 11.8. The van der Waals surface area contributed by atoms with E-state index in [9.17, 15) is 9.18 Å². The van der Waals surface area contributed by atoms with Crippen LogP contribution in [0, 0.1) is 5.82 Å². The van der Waals surface area contributed by atoms with Gasteiger partial charge in [-0.3, -0.25) is 4.79 Å². The number of ketones is 1. The van der Waals surface area contributed by atoms with E-state index in [1.165, 1.54) is 6.07 Å². The van der Waals surface area contributed by atoms with Gasteiger partial charge in [-0.2, -0.15) is 0 Å². The first kappa shape index (κ1) is 13.4. The number of hydrogen-bond donors (Lipinski definition) is 0. The molecule has 0 aromatic heterocycles. The number of Topliss-reactive ketones (excluding diaryl/α,β-unsaturated/α-hetero) is 1. The fourth-order valence-corrected chi connectivity index (χ4v) is 2.05. The molecule has 0 heterocycles. The van der Waals surface area contributed by atoms with Crippen LogP contribution in [0.25, 0.3) is 0 Å². The van der Waals surface area contributed by atoms with Gasteiger partial charge in [-0.05, 0) is 28.4 Å². The Kier molecular flexibility index (Phi) is 5.67. The molecule has 0 spiro atoms. The van der Waals surface area contributed by atoms with Crippen molar-refractivity contribution in [1.82, 2.24) is 0 Å². The van der Waals surface area contributed by atoms with Crippen LogP contribution in [0.3, 0.4) is 0 Å². The van der Waals surface area contributed by atoms with Gasteiger partial charge in [-0.15, -0.1) is 0 Å². The van der Waals surface area contributed by atoms with E-state index in [-0.39, 0.29) is 16.1 Å². The van der Waals surface area contributed by atoms with Gasteiger partial charge in [0.25, 0.3) is 0 Å². The maximum Gasteiger partial charge on any atom is 0.164 e. The zero-order valence-corrected chi connectivity index (χ0v) is 11.0. The first-order valence-electron chi connectivity index (χ1n) is 5.64. The molecule has 0 unspecified atom stereocenters. The van der Waals surface area contributed by atoms with Crippen LogP contribution < -0.4 is 0 Å². The van der Waals surface area contributed by atoms with Crippen LogP contribution in [0.5, 0.6) is 0 Å². The average molecular weight is 287 g/mol. The molecule has 0 bridgehead atoms. The highest BCUT2D eigenvalue weighted by Crippen LogP contribution is 2.22. The van der Waals surface area contributed by atoms with Crippen LogP contribution in [-0.2, 0) is 0 Å². The summed E-state index contributed by atoms with van der Waals surface area (Å²) in [6, 6.07) is 4.58. The number of carbonyl (C=O) groups is 1. The van der Waals surface area contributed by atoms with Gasteiger partial charge in [0.2, 0.25) is 0 Å². The van der Waals surface area contributed by atoms with Crippen molar-refractivity contribution < 1.29 is 9.18 Å². The van der Waals surface area contributed by atoms with E-state index in [0.29, 0.717) is 12.0 Å². The lowest BCUT2D eigenvalue weighted by Crippen LogP contribution is -2.01. The van der Waals surface area contributed by atoms with E-state index in [0.717, 1.165) is 25.7 Å². The molecule has 0 atom stereocenters. The van der Waals surface area contributed by atoms with Crippen LogP contribution in [0.1, 0.15) is 49.4 Å². The van der Waals surface area contributed by atoms with Crippen LogP contribution in [0.15, 0.2) is 22.7 Å². The van der Waals surface area contributed by atoms with Crippen LogP contribution in [0.2, 0.25) is 0 Å². The summed E-state index contributed by atoms with van der Waals surface area (Å²) in [6.07, 6.45) is 4.75. The van der Waals surface area contributed by atoms with Gasteiger partial charge in [-0.25, -0.2) is 4.39 Å². The summed E-state index contributed by atoms with van der Waals surface area (Å²) in [6.45, 7) is 2.13. The van der Waals surface area contributed by atoms with Gasteiger partial charge >= 0.3 is 0 Å². The van der Waals surface area contributed by atoms with Crippen molar-refractivity contribution in [3.63, 3.8) is 0 Å². The second-order valence-corrected chi connectivity index (χ2v) is 4.63. The largest absolute Gasteiger partial charge is 0.294 e. The minimum absolute atomic E-state index is 0.0162.